The molecule has 5 nitrogen and oxygen atoms in total. The molecule has 0 spiro atoms. The Balaban J connectivity index is 2.70. The maximum Gasteiger partial charge on any atom is 0.222 e. The number of aromatic nitrogens is 2. The Hall–Kier alpha value is -1.07. The van der Waals surface area contributed by atoms with E-state index in [4.69, 9.17) is 17.3 Å². The van der Waals surface area contributed by atoms with E-state index in [0.29, 0.717) is 30.2 Å². The van der Waals surface area contributed by atoms with Crippen molar-refractivity contribution in [1.29, 1.82) is 0 Å². The van der Waals surface area contributed by atoms with E-state index >= 15 is 0 Å². The van der Waals surface area contributed by atoms with Gasteiger partial charge in [-0.25, -0.2) is 4.98 Å². The van der Waals surface area contributed by atoms with Crippen molar-refractivity contribution in [3.05, 3.63) is 11.2 Å². The Kier molecular flexibility index (Phi) is 4.32. The van der Waals surface area contributed by atoms with Crippen LogP contribution in [0.5, 0.6) is 0 Å². The van der Waals surface area contributed by atoms with Crippen molar-refractivity contribution < 1.29 is 5.11 Å². The Labute approximate surface area is 100 Å². The standard InChI is InChI=1S/C10H17ClN4O/c1-3-10(16,4-2)6-14-8-7(11)5-13-9(12)15-8/h5,16H,3-4,6H2,1-2H3,(H3,12,13,14,15). The van der Waals surface area contributed by atoms with E-state index in [1.165, 1.54) is 6.20 Å². The van der Waals surface area contributed by atoms with Gasteiger partial charge in [-0.05, 0) is 12.8 Å². The van der Waals surface area contributed by atoms with Crippen molar-refractivity contribution >= 4 is 23.4 Å². The number of nitrogens with one attached hydrogen (secondary N) is 1. The minimum absolute atomic E-state index is 0.156. The van der Waals surface area contributed by atoms with Crippen LogP contribution in [0.4, 0.5) is 11.8 Å². The van der Waals surface area contributed by atoms with Crippen LogP contribution in [0.1, 0.15) is 26.7 Å². The summed E-state index contributed by atoms with van der Waals surface area (Å²) in [6.45, 7) is 4.25. The summed E-state index contributed by atoms with van der Waals surface area (Å²) in [5, 5.41) is 13.4. The lowest BCUT2D eigenvalue weighted by molar-refractivity contribution is 0.0456. The van der Waals surface area contributed by atoms with Gasteiger partial charge in [-0.1, -0.05) is 25.4 Å². The van der Waals surface area contributed by atoms with Gasteiger partial charge in [0.25, 0.3) is 0 Å². The molecule has 0 aliphatic heterocycles. The van der Waals surface area contributed by atoms with Crippen molar-refractivity contribution in [1.82, 2.24) is 9.97 Å². The zero-order valence-corrected chi connectivity index (χ0v) is 10.3. The number of hydrogen-bond acceptors (Lipinski definition) is 5. The highest BCUT2D eigenvalue weighted by atomic mass is 35.5. The molecule has 0 aliphatic rings. The number of hydrogen-bond donors (Lipinski definition) is 3. The molecule has 16 heavy (non-hydrogen) atoms. The molecular formula is C10H17ClN4O. The highest BCUT2D eigenvalue weighted by Gasteiger charge is 2.22. The van der Waals surface area contributed by atoms with E-state index in [2.05, 4.69) is 15.3 Å². The second-order valence-electron chi connectivity index (χ2n) is 3.71. The lowest BCUT2D eigenvalue weighted by Gasteiger charge is -2.25. The van der Waals surface area contributed by atoms with Crippen LogP contribution >= 0.6 is 11.6 Å². The summed E-state index contributed by atoms with van der Waals surface area (Å²) in [6, 6.07) is 0. The molecule has 6 heteroatoms. The number of nitrogen functional groups attached to an aromatic ring is 1. The Bertz CT molecular complexity index is 355. The normalized spacial score (nSPS) is 11.5. The Morgan fingerprint density at radius 1 is 1.50 bits per heavy atom. The van der Waals surface area contributed by atoms with Crippen molar-refractivity contribution in [3.8, 4) is 0 Å². The molecule has 0 radical (unpaired) electrons. The molecule has 0 aliphatic carbocycles. The van der Waals surface area contributed by atoms with Gasteiger partial charge in [-0.3, -0.25) is 0 Å². The third kappa shape index (κ3) is 3.21. The molecule has 0 unspecified atom stereocenters. The third-order valence-electron chi connectivity index (χ3n) is 2.66. The van der Waals surface area contributed by atoms with Gasteiger partial charge in [0.05, 0.1) is 11.8 Å². The second-order valence-corrected chi connectivity index (χ2v) is 4.12. The highest BCUT2D eigenvalue weighted by molar-refractivity contribution is 6.32. The molecule has 0 fully saturated rings. The van der Waals surface area contributed by atoms with Crippen LogP contribution in [0.3, 0.4) is 0 Å². The molecule has 1 heterocycles. The predicted octanol–water partition coefficient (Wildman–Crippen LogP) is 1.68. The summed E-state index contributed by atoms with van der Waals surface area (Å²) >= 11 is 5.89. The maximum atomic E-state index is 10.1. The predicted molar refractivity (Wildman–Crippen MR) is 65.5 cm³/mol. The number of rotatable bonds is 5. The van der Waals surface area contributed by atoms with E-state index in [9.17, 15) is 5.11 Å². The van der Waals surface area contributed by atoms with Gasteiger partial charge in [0.15, 0.2) is 5.82 Å². The molecule has 90 valence electrons. The topological polar surface area (TPSA) is 84.1 Å². The molecule has 0 aromatic carbocycles. The zero-order chi connectivity index (χ0) is 12.2. The van der Waals surface area contributed by atoms with Gasteiger partial charge in [-0.15, -0.1) is 0 Å². The van der Waals surface area contributed by atoms with Crippen LogP contribution in [0.2, 0.25) is 5.02 Å². The van der Waals surface area contributed by atoms with Gasteiger partial charge in [-0.2, -0.15) is 4.98 Å². The lowest BCUT2D eigenvalue weighted by Crippen LogP contribution is -2.35. The SMILES string of the molecule is CCC(O)(CC)CNc1nc(N)ncc1Cl. The summed E-state index contributed by atoms with van der Waals surface area (Å²) in [4.78, 5) is 7.71. The zero-order valence-electron chi connectivity index (χ0n) is 9.50. The quantitative estimate of drug-likeness (QED) is 0.734. The molecule has 1 aromatic heterocycles. The van der Waals surface area contributed by atoms with E-state index < -0.39 is 5.60 Å². The van der Waals surface area contributed by atoms with Crippen LogP contribution in [-0.2, 0) is 0 Å². The Morgan fingerprint density at radius 3 is 2.69 bits per heavy atom. The van der Waals surface area contributed by atoms with Crippen molar-refractivity contribution in [3.63, 3.8) is 0 Å². The molecule has 0 saturated heterocycles. The van der Waals surface area contributed by atoms with E-state index in [-0.39, 0.29) is 5.95 Å². The first-order chi connectivity index (χ1) is 7.50. The third-order valence-corrected chi connectivity index (χ3v) is 2.94. The molecule has 1 aromatic rings. The summed E-state index contributed by atoms with van der Waals surface area (Å²) in [5.74, 6) is 0.609. The largest absolute Gasteiger partial charge is 0.388 e. The summed E-state index contributed by atoms with van der Waals surface area (Å²) in [5.41, 5.74) is 4.70. The van der Waals surface area contributed by atoms with E-state index in [1.54, 1.807) is 0 Å². The van der Waals surface area contributed by atoms with Crippen molar-refractivity contribution in [2.24, 2.45) is 0 Å². The number of nitrogens with two attached hydrogens (primary N) is 1. The van der Waals surface area contributed by atoms with E-state index in [1.807, 2.05) is 13.8 Å². The summed E-state index contributed by atoms with van der Waals surface area (Å²) in [6.07, 6.45) is 2.76. The average Bonchev–Trinajstić information content (AvgIpc) is 2.30. The molecule has 0 atom stereocenters. The van der Waals surface area contributed by atoms with Crippen LogP contribution < -0.4 is 11.1 Å². The fraction of sp³-hybridized carbons (Fsp3) is 0.600. The van der Waals surface area contributed by atoms with Crippen LogP contribution in [0.25, 0.3) is 0 Å². The first-order valence-electron chi connectivity index (χ1n) is 5.25. The molecular weight excluding hydrogens is 228 g/mol. The number of nitrogens with zero attached hydrogens (tertiary/aromatic N) is 2. The summed E-state index contributed by atoms with van der Waals surface area (Å²) in [7, 11) is 0. The van der Waals surface area contributed by atoms with Crippen molar-refractivity contribution in [2.75, 3.05) is 17.6 Å². The number of anilines is 2. The Morgan fingerprint density at radius 2 is 2.12 bits per heavy atom. The van der Waals surface area contributed by atoms with Gasteiger partial charge in [0, 0.05) is 6.54 Å². The molecule has 1 rings (SSSR count). The minimum Gasteiger partial charge on any atom is -0.388 e. The maximum absolute atomic E-state index is 10.1. The van der Waals surface area contributed by atoms with Crippen molar-refractivity contribution in [2.45, 2.75) is 32.3 Å². The average molecular weight is 245 g/mol. The van der Waals surface area contributed by atoms with Gasteiger partial charge < -0.3 is 16.2 Å². The van der Waals surface area contributed by atoms with Gasteiger partial charge in [0.2, 0.25) is 5.95 Å². The smallest absolute Gasteiger partial charge is 0.222 e. The molecule has 0 saturated carbocycles. The molecule has 4 N–H and O–H groups in total. The summed E-state index contributed by atoms with van der Waals surface area (Å²) < 4.78 is 0. The monoisotopic (exact) mass is 244 g/mol. The fourth-order valence-electron chi connectivity index (χ4n) is 1.25. The number of aliphatic hydroxyl groups is 1. The van der Waals surface area contributed by atoms with Gasteiger partial charge >= 0.3 is 0 Å². The van der Waals surface area contributed by atoms with Gasteiger partial charge in [0.1, 0.15) is 5.02 Å². The minimum atomic E-state index is -0.747. The van der Waals surface area contributed by atoms with Crippen LogP contribution in [-0.4, -0.2) is 27.2 Å². The lowest BCUT2D eigenvalue weighted by atomic mass is 9.98. The first kappa shape index (κ1) is 13.0. The highest BCUT2D eigenvalue weighted by Crippen LogP contribution is 2.21. The first-order valence-corrected chi connectivity index (χ1v) is 5.63. The van der Waals surface area contributed by atoms with Crippen LogP contribution in [0, 0.1) is 0 Å². The number of halogens is 1. The van der Waals surface area contributed by atoms with Crippen LogP contribution in [0.15, 0.2) is 6.20 Å². The molecule has 0 amide bonds. The van der Waals surface area contributed by atoms with E-state index in [0.717, 1.165) is 0 Å². The molecule has 0 bridgehead atoms. The fourth-order valence-corrected chi connectivity index (χ4v) is 1.41. The second kappa shape index (κ2) is 5.32.